The topological polar surface area (TPSA) is 130 Å². The van der Waals surface area contributed by atoms with Crippen molar-refractivity contribution in [2.24, 2.45) is 14.1 Å². The van der Waals surface area contributed by atoms with E-state index in [1.165, 1.54) is 43.9 Å². The minimum atomic E-state index is 0.805. The number of aryl methyl sites for hydroxylation is 6. The van der Waals surface area contributed by atoms with Crippen LogP contribution in [0.25, 0.3) is 43.9 Å². The lowest BCUT2D eigenvalue weighted by Crippen LogP contribution is -1.92. The zero-order valence-corrected chi connectivity index (χ0v) is 35.0. The molecule has 0 saturated carbocycles. The highest BCUT2D eigenvalue weighted by Gasteiger charge is 2.08. The van der Waals surface area contributed by atoms with Crippen molar-refractivity contribution in [2.75, 3.05) is 54.9 Å². The Labute approximate surface area is 342 Å². The molecule has 58 heavy (non-hydrogen) atoms. The van der Waals surface area contributed by atoms with Crippen LogP contribution in [0.5, 0.6) is 0 Å². The van der Waals surface area contributed by atoms with Gasteiger partial charge >= 0.3 is 0 Å². The van der Waals surface area contributed by atoms with Gasteiger partial charge in [0.05, 0.1) is 34.5 Å². The SMILES string of the molecule is COCCCc1c[nH]c2cccnc12.COCCCc1c[nH]c2cnccc12.COCCCc1cn(C)c2cnccc12.COCCCc1cn(C)c2ncccc12. The molecule has 8 aromatic heterocycles. The summed E-state index contributed by atoms with van der Waals surface area (Å²) in [5, 5.41) is 3.84. The second kappa shape index (κ2) is 23.7. The van der Waals surface area contributed by atoms with Crippen LogP contribution in [0.2, 0.25) is 0 Å². The first-order valence-electron chi connectivity index (χ1n) is 20.0. The fourth-order valence-electron chi connectivity index (χ4n) is 7.07. The van der Waals surface area contributed by atoms with Gasteiger partial charge in [0.15, 0.2) is 0 Å². The molecule has 0 spiro atoms. The third kappa shape index (κ3) is 12.3. The Kier molecular flexibility index (Phi) is 17.9. The number of nitrogens with one attached hydrogen (secondary N) is 2. The summed E-state index contributed by atoms with van der Waals surface area (Å²) < 4.78 is 24.4. The van der Waals surface area contributed by atoms with Gasteiger partial charge in [-0.05, 0) is 110 Å². The van der Waals surface area contributed by atoms with E-state index in [0.29, 0.717) is 0 Å². The summed E-state index contributed by atoms with van der Waals surface area (Å²) in [7, 11) is 11.0. The summed E-state index contributed by atoms with van der Waals surface area (Å²) in [4.78, 5) is 23.3. The summed E-state index contributed by atoms with van der Waals surface area (Å²) in [5.41, 5.74) is 10.9. The predicted molar refractivity (Wildman–Crippen MR) is 234 cm³/mol. The molecule has 0 aliphatic heterocycles. The van der Waals surface area contributed by atoms with Crippen molar-refractivity contribution in [1.82, 2.24) is 39.0 Å². The standard InChI is InChI=1S/2C12H16N2O.2C11H14N2O/c1-14-9-10(5-4-8-15-2)11-6-3-7-13-12(11)14;1-14-9-10(4-3-7-15-2)11-5-6-13-8-12(11)14;1-14-7-3-4-9-8-13-10-5-2-6-12-11(9)10;1-14-6-2-3-9-7-13-11-8-12-5-4-10(9)11/h3,6-7,9H,4-5,8H2,1-2H3;5-6,8-9H,3-4,7H2,1-2H3;2,5-6,8,13H,3-4,7H2,1H3;4-5,7-8,13H,2-3,6H2,1H3. The number of hydrogen-bond acceptors (Lipinski definition) is 8. The van der Waals surface area contributed by atoms with Gasteiger partial charge in [-0.15, -0.1) is 0 Å². The van der Waals surface area contributed by atoms with E-state index in [4.69, 9.17) is 18.9 Å². The molecule has 12 heteroatoms. The summed E-state index contributed by atoms with van der Waals surface area (Å²) in [5.74, 6) is 0. The lowest BCUT2D eigenvalue weighted by Gasteiger charge is -1.98. The summed E-state index contributed by atoms with van der Waals surface area (Å²) >= 11 is 0. The zero-order valence-electron chi connectivity index (χ0n) is 35.0. The van der Waals surface area contributed by atoms with Gasteiger partial charge in [-0.1, -0.05) is 0 Å². The van der Waals surface area contributed by atoms with Crippen LogP contribution >= 0.6 is 0 Å². The molecule has 8 heterocycles. The molecular weight excluding hydrogens is 729 g/mol. The Bertz CT molecular complexity index is 2210. The fraction of sp³-hybridized carbons (Fsp3) is 0.391. The third-order valence-corrected chi connectivity index (χ3v) is 9.95. The van der Waals surface area contributed by atoms with E-state index < -0.39 is 0 Å². The molecule has 0 radical (unpaired) electrons. The van der Waals surface area contributed by atoms with Crippen molar-refractivity contribution in [3.05, 3.63) is 121 Å². The molecule has 308 valence electrons. The molecule has 0 atom stereocenters. The van der Waals surface area contributed by atoms with E-state index in [2.05, 4.69) is 76.8 Å². The first-order chi connectivity index (χ1) is 28.5. The number of fused-ring (bicyclic) bond motifs is 4. The number of pyridine rings is 4. The summed E-state index contributed by atoms with van der Waals surface area (Å²) in [6, 6.07) is 12.2. The number of methoxy groups -OCH3 is 4. The molecule has 0 fully saturated rings. The van der Waals surface area contributed by atoms with Crippen LogP contribution in [-0.2, 0) is 58.7 Å². The highest BCUT2D eigenvalue weighted by Crippen LogP contribution is 2.22. The van der Waals surface area contributed by atoms with E-state index in [0.717, 1.165) is 100.0 Å². The van der Waals surface area contributed by atoms with Crippen molar-refractivity contribution >= 4 is 43.9 Å². The van der Waals surface area contributed by atoms with Gasteiger partial charge in [0.2, 0.25) is 0 Å². The molecule has 12 nitrogen and oxygen atoms in total. The van der Waals surface area contributed by atoms with E-state index in [9.17, 15) is 0 Å². The summed E-state index contributed by atoms with van der Waals surface area (Å²) in [6.07, 6.45) is 28.0. The molecule has 8 rings (SSSR count). The second-order valence-electron chi connectivity index (χ2n) is 14.1. The molecule has 0 aliphatic rings. The molecule has 0 bridgehead atoms. The lowest BCUT2D eigenvalue weighted by atomic mass is 10.1. The summed E-state index contributed by atoms with van der Waals surface area (Å²) in [6.45, 7) is 3.26. The van der Waals surface area contributed by atoms with Crippen molar-refractivity contribution < 1.29 is 18.9 Å². The molecule has 8 aromatic rings. The number of hydrogen-bond donors (Lipinski definition) is 2. The number of nitrogens with zero attached hydrogens (tertiary/aromatic N) is 6. The highest BCUT2D eigenvalue weighted by atomic mass is 16.5. The first kappa shape index (κ1) is 43.7. The second-order valence-corrected chi connectivity index (χ2v) is 14.1. The molecule has 0 aromatic carbocycles. The quantitative estimate of drug-likeness (QED) is 0.0932. The van der Waals surface area contributed by atoms with E-state index in [1.807, 2.05) is 74.7 Å². The Morgan fingerprint density at radius 1 is 0.517 bits per heavy atom. The lowest BCUT2D eigenvalue weighted by molar-refractivity contribution is 0.195. The minimum Gasteiger partial charge on any atom is -0.385 e. The van der Waals surface area contributed by atoms with Crippen LogP contribution in [0.4, 0.5) is 0 Å². The van der Waals surface area contributed by atoms with Crippen LogP contribution in [0, 0.1) is 0 Å². The van der Waals surface area contributed by atoms with E-state index >= 15 is 0 Å². The third-order valence-electron chi connectivity index (χ3n) is 9.95. The maximum atomic E-state index is 5.06. The average Bonchev–Trinajstić information content (AvgIpc) is 4.03. The normalized spacial score (nSPS) is 11.0. The monoisotopic (exact) mass is 788 g/mol. The van der Waals surface area contributed by atoms with Gasteiger partial charge < -0.3 is 38.0 Å². The molecule has 2 N–H and O–H groups in total. The Balaban J connectivity index is 0.000000147. The van der Waals surface area contributed by atoms with Crippen molar-refractivity contribution in [3.8, 4) is 0 Å². The van der Waals surface area contributed by atoms with Gasteiger partial charge in [0.1, 0.15) is 5.65 Å². The fourth-order valence-corrected chi connectivity index (χ4v) is 7.07. The van der Waals surface area contributed by atoms with Gasteiger partial charge in [-0.25, -0.2) is 4.98 Å². The van der Waals surface area contributed by atoms with E-state index in [-0.39, 0.29) is 0 Å². The maximum absolute atomic E-state index is 5.06. The maximum Gasteiger partial charge on any atom is 0.139 e. The highest BCUT2D eigenvalue weighted by molar-refractivity contribution is 5.83. The number of aromatic amines is 2. The number of H-pyrrole nitrogens is 2. The van der Waals surface area contributed by atoms with Gasteiger partial charge in [0.25, 0.3) is 0 Å². The Morgan fingerprint density at radius 2 is 1.05 bits per heavy atom. The first-order valence-corrected chi connectivity index (χ1v) is 20.0. The van der Waals surface area contributed by atoms with Crippen LogP contribution in [0.15, 0.2) is 98.4 Å². The Morgan fingerprint density at radius 3 is 1.74 bits per heavy atom. The van der Waals surface area contributed by atoms with Crippen LogP contribution in [0.3, 0.4) is 0 Å². The van der Waals surface area contributed by atoms with Crippen LogP contribution < -0.4 is 0 Å². The van der Waals surface area contributed by atoms with Gasteiger partial charge in [-0.2, -0.15) is 0 Å². The van der Waals surface area contributed by atoms with Gasteiger partial charge in [0, 0.05) is 135 Å². The Hall–Kier alpha value is -5.40. The smallest absolute Gasteiger partial charge is 0.139 e. The largest absolute Gasteiger partial charge is 0.385 e. The predicted octanol–water partition coefficient (Wildman–Crippen LogP) is 8.59. The van der Waals surface area contributed by atoms with Gasteiger partial charge in [-0.3, -0.25) is 15.0 Å². The van der Waals surface area contributed by atoms with Crippen molar-refractivity contribution in [1.29, 1.82) is 0 Å². The number of aromatic nitrogens is 8. The molecule has 0 saturated heterocycles. The van der Waals surface area contributed by atoms with Crippen molar-refractivity contribution in [3.63, 3.8) is 0 Å². The van der Waals surface area contributed by atoms with E-state index in [1.54, 1.807) is 28.4 Å². The molecule has 0 amide bonds. The van der Waals surface area contributed by atoms with Crippen LogP contribution in [0.1, 0.15) is 47.9 Å². The number of ether oxygens (including phenoxy) is 4. The average molecular weight is 789 g/mol. The molecule has 0 aliphatic carbocycles. The minimum absolute atomic E-state index is 0.805. The molecule has 0 unspecified atom stereocenters. The van der Waals surface area contributed by atoms with Crippen molar-refractivity contribution in [2.45, 2.75) is 51.4 Å². The zero-order chi connectivity index (χ0) is 41.0. The van der Waals surface area contributed by atoms with Crippen LogP contribution in [-0.4, -0.2) is 93.9 Å². The number of rotatable bonds is 16. The molecular formula is C46H60N8O4.